The average molecular weight is 234 g/mol. The SMILES string of the molecule is CCn1nc(C)c(N)c1NCC(O)C(F)F. The molecule has 1 rings (SSSR count). The molecule has 1 unspecified atom stereocenters. The lowest BCUT2D eigenvalue weighted by atomic mass is 10.3. The lowest BCUT2D eigenvalue weighted by Gasteiger charge is -2.13. The van der Waals surface area contributed by atoms with Crippen molar-refractivity contribution in [1.29, 1.82) is 0 Å². The minimum Gasteiger partial charge on any atom is -0.394 e. The molecule has 0 saturated heterocycles. The highest BCUT2D eigenvalue weighted by molar-refractivity contribution is 5.64. The standard InChI is InChI=1S/C9H16F2N4O/c1-3-15-9(7(12)5(2)14-15)13-4-6(16)8(10)11/h6,8,13,16H,3-4,12H2,1-2H3. The second kappa shape index (κ2) is 5.11. The Bertz CT molecular complexity index is 354. The van der Waals surface area contributed by atoms with Crippen molar-refractivity contribution in [2.75, 3.05) is 17.6 Å². The van der Waals surface area contributed by atoms with Crippen molar-refractivity contribution in [3.63, 3.8) is 0 Å². The third-order valence-electron chi connectivity index (χ3n) is 2.24. The van der Waals surface area contributed by atoms with E-state index in [2.05, 4.69) is 10.4 Å². The van der Waals surface area contributed by atoms with Gasteiger partial charge < -0.3 is 16.2 Å². The predicted molar refractivity (Wildman–Crippen MR) is 57.6 cm³/mol. The number of aryl methyl sites for hydroxylation is 2. The number of alkyl halides is 2. The summed E-state index contributed by atoms with van der Waals surface area (Å²) >= 11 is 0. The Balaban J connectivity index is 2.73. The van der Waals surface area contributed by atoms with Gasteiger partial charge in [0.25, 0.3) is 6.43 Å². The molecular formula is C9H16F2N4O. The molecule has 0 aliphatic rings. The van der Waals surface area contributed by atoms with Crippen molar-refractivity contribution in [3.05, 3.63) is 5.69 Å². The summed E-state index contributed by atoms with van der Waals surface area (Å²) in [5.74, 6) is 0.472. The quantitative estimate of drug-likeness (QED) is 0.705. The molecule has 0 bridgehead atoms. The molecule has 0 fully saturated rings. The fourth-order valence-corrected chi connectivity index (χ4v) is 1.30. The summed E-state index contributed by atoms with van der Waals surface area (Å²) in [4.78, 5) is 0. The van der Waals surface area contributed by atoms with Crippen LogP contribution in [-0.4, -0.2) is 34.0 Å². The number of halogens is 2. The summed E-state index contributed by atoms with van der Waals surface area (Å²) in [7, 11) is 0. The maximum Gasteiger partial charge on any atom is 0.265 e. The lowest BCUT2D eigenvalue weighted by Crippen LogP contribution is -2.27. The fraction of sp³-hybridized carbons (Fsp3) is 0.667. The van der Waals surface area contributed by atoms with Gasteiger partial charge in [-0.25, -0.2) is 13.5 Å². The first-order chi connectivity index (χ1) is 7.47. The van der Waals surface area contributed by atoms with E-state index in [0.29, 0.717) is 23.7 Å². The van der Waals surface area contributed by atoms with Crippen LogP contribution < -0.4 is 11.1 Å². The van der Waals surface area contributed by atoms with E-state index in [9.17, 15) is 8.78 Å². The van der Waals surface area contributed by atoms with Crippen molar-refractivity contribution in [2.24, 2.45) is 0 Å². The van der Waals surface area contributed by atoms with Crippen LogP contribution in [0, 0.1) is 6.92 Å². The third-order valence-corrected chi connectivity index (χ3v) is 2.24. The van der Waals surface area contributed by atoms with Crippen LogP contribution in [0.4, 0.5) is 20.3 Å². The van der Waals surface area contributed by atoms with E-state index in [-0.39, 0.29) is 6.54 Å². The Morgan fingerprint density at radius 3 is 2.69 bits per heavy atom. The number of rotatable bonds is 5. The number of aromatic nitrogens is 2. The van der Waals surface area contributed by atoms with Gasteiger partial charge in [-0.15, -0.1) is 0 Å². The molecule has 0 aliphatic heterocycles. The monoisotopic (exact) mass is 234 g/mol. The van der Waals surface area contributed by atoms with Gasteiger partial charge in [-0.3, -0.25) is 0 Å². The van der Waals surface area contributed by atoms with E-state index < -0.39 is 12.5 Å². The summed E-state index contributed by atoms with van der Waals surface area (Å²) in [6, 6.07) is 0. The van der Waals surface area contributed by atoms with Crippen LogP contribution in [0.1, 0.15) is 12.6 Å². The van der Waals surface area contributed by atoms with E-state index in [0.717, 1.165) is 0 Å². The smallest absolute Gasteiger partial charge is 0.265 e. The first kappa shape index (κ1) is 12.7. The second-order valence-corrected chi connectivity index (χ2v) is 3.45. The number of aliphatic hydroxyl groups is 1. The maximum atomic E-state index is 12.1. The van der Waals surface area contributed by atoms with Crippen LogP contribution in [0.25, 0.3) is 0 Å². The van der Waals surface area contributed by atoms with E-state index in [4.69, 9.17) is 10.8 Å². The van der Waals surface area contributed by atoms with Crippen molar-refractivity contribution < 1.29 is 13.9 Å². The molecular weight excluding hydrogens is 218 g/mol. The number of nitrogens with one attached hydrogen (secondary N) is 1. The number of hydrogen-bond acceptors (Lipinski definition) is 4. The predicted octanol–water partition coefficient (Wildman–Crippen LogP) is 0.832. The van der Waals surface area contributed by atoms with Crippen molar-refractivity contribution in [1.82, 2.24) is 9.78 Å². The van der Waals surface area contributed by atoms with Gasteiger partial charge in [-0.05, 0) is 13.8 Å². The van der Waals surface area contributed by atoms with Crippen LogP contribution in [-0.2, 0) is 6.54 Å². The summed E-state index contributed by atoms with van der Waals surface area (Å²) in [5.41, 5.74) is 6.78. The normalized spacial score (nSPS) is 13.1. The Kier molecular flexibility index (Phi) is 4.05. The largest absolute Gasteiger partial charge is 0.394 e. The molecule has 1 heterocycles. The highest BCUT2D eigenvalue weighted by atomic mass is 19.3. The summed E-state index contributed by atoms with van der Waals surface area (Å²) < 4.78 is 25.7. The number of nitrogens with zero attached hydrogens (tertiary/aromatic N) is 2. The molecule has 0 saturated carbocycles. The van der Waals surface area contributed by atoms with Gasteiger partial charge in [-0.2, -0.15) is 5.10 Å². The Hall–Kier alpha value is -1.37. The summed E-state index contributed by atoms with van der Waals surface area (Å²) in [6.45, 7) is 3.91. The minimum absolute atomic E-state index is 0.257. The van der Waals surface area contributed by atoms with Crippen LogP contribution in [0.2, 0.25) is 0 Å². The van der Waals surface area contributed by atoms with E-state index in [1.165, 1.54) is 0 Å². The van der Waals surface area contributed by atoms with Gasteiger partial charge in [-0.1, -0.05) is 0 Å². The van der Waals surface area contributed by atoms with Gasteiger partial charge in [0.15, 0.2) is 0 Å². The summed E-state index contributed by atoms with van der Waals surface area (Å²) in [5, 5.41) is 15.8. The Labute approximate surface area is 92.2 Å². The average Bonchev–Trinajstić information content (AvgIpc) is 2.51. The minimum atomic E-state index is -2.77. The molecule has 1 atom stereocenters. The zero-order valence-corrected chi connectivity index (χ0v) is 9.24. The fourth-order valence-electron chi connectivity index (χ4n) is 1.30. The van der Waals surface area contributed by atoms with Crippen molar-refractivity contribution >= 4 is 11.5 Å². The molecule has 0 radical (unpaired) electrons. The zero-order valence-electron chi connectivity index (χ0n) is 9.24. The number of nitrogen functional groups attached to an aromatic ring is 1. The molecule has 1 aromatic heterocycles. The molecule has 5 nitrogen and oxygen atoms in total. The third kappa shape index (κ3) is 2.60. The first-order valence-corrected chi connectivity index (χ1v) is 5.00. The molecule has 4 N–H and O–H groups in total. The van der Waals surface area contributed by atoms with Crippen LogP contribution in [0.15, 0.2) is 0 Å². The highest BCUT2D eigenvalue weighted by Gasteiger charge is 2.18. The molecule has 0 spiro atoms. The second-order valence-electron chi connectivity index (χ2n) is 3.45. The van der Waals surface area contributed by atoms with Gasteiger partial charge in [0.1, 0.15) is 11.9 Å². The molecule has 0 aromatic carbocycles. The van der Waals surface area contributed by atoms with Crippen molar-refractivity contribution in [3.8, 4) is 0 Å². The van der Waals surface area contributed by atoms with Gasteiger partial charge in [0.05, 0.1) is 11.4 Å². The number of anilines is 2. The van der Waals surface area contributed by atoms with E-state index in [1.807, 2.05) is 6.92 Å². The molecule has 7 heteroatoms. The van der Waals surface area contributed by atoms with Gasteiger partial charge >= 0.3 is 0 Å². The molecule has 0 aliphatic carbocycles. The van der Waals surface area contributed by atoms with Crippen LogP contribution in [0.5, 0.6) is 0 Å². The van der Waals surface area contributed by atoms with Crippen LogP contribution >= 0.6 is 0 Å². The van der Waals surface area contributed by atoms with Gasteiger partial charge in [0, 0.05) is 13.1 Å². The first-order valence-electron chi connectivity index (χ1n) is 5.00. The van der Waals surface area contributed by atoms with Crippen molar-refractivity contribution in [2.45, 2.75) is 32.9 Å². The summed E-state index contributed by atoms with van der Waals surface area (Å²) in [6.07, 6.45) is -4.48. The molecule has 1 aromatic rings. The Morgan fingerprint density at radius 2 is 2.19 bits per heavy atom. The number of aliphatic hydroxyl groups excluding tert-OH is 1. The van der Waals surface area contributed by atoms with Gasteiger partial charge in [0.2, 0.25) is 0 Å². The molecule has 16 heavy (non-hydrogen) atoms. The maximum absolute atomic E-state index is 12.1. The van der Waals surface area contributed by atoms with E-state index in [1.54, 1.807) is 11.6 Å². The lowest BCUT2D eigenvalue weighted by molar-refractivity contribution is 0.00377. The molecule has 92 valence electrons. The zero-order chi connectivity index (χ0) is 12.3. The Morgan fingerprint density at radius 1 is 1.56 bits per heavy atom. The number of nitrogens with two attached hydrogens (primary N) is 1. The highest BCUT2D eigenvalue weighted by Crippen LogP contribution is 2.22. The van der Waals surface area contributed by atoms with Crippen LogP contribution in [0.3, 0.4) is 0 Å². The topological polar surface area (TPSA) is 76.1 Å². The number of hydrogen-bond donors (Lipinski definition) is 3. The molecule has 0 amide bonds. The van der Waals surface area contributed by atoms with E-state index >= 15 is 0 Å².